The van der Waals surface area contributed by atoms with Crippen molar-refractivity contribution in [3.63, 3.8) is 0 Å². The molecule has 0 atom stereocenters. The topological polar surface area (TPSA) is 96.0 Å². The predicted molar refractivity (Wildman–Crippen MR) is 106 cm³/mol. The van der Waals surface area contributed by atoms with Crippen molar-refractivity contribution in [3.05, 3.63) is 65.7 Å². The summed E-state index contributed by atoms with van der Waals surface area (Å²) >= 11 is 0.788. The van der Waals surface area contributed by atoms with E-state index in [1.807, 2.05) is 18.2 Å². The molecule has 0 aliphatic rings. The van der Waals surface area contributed by atoms with Gasteiger partial charge in [-0.05, 0) is 0 Å². The van der Waals surface area contributed by atoms with Gasteiger partial charge < -0.3 is 0 Å². The van der Waals surface area contributed by atoms with E-state index >= 15 is 0 Å². The zero-order chi connectivity index (χ0) is 21.2. The van der Waals surface area contributed by atoms with Crippen LogP contribution in [-0.4, -0.2) is 62.5 Å². The average Bonchev–Trinajstić information content (AvgIpc) is 2.72. The molecule has 0 saturated heterocycles. The molecule has 0 aliphatic heterocycles. The van der Waals surface area contributed by atoms with Crippen molar-refractivity contribution in [2.75, 3.05) is 14.2 Å². The Labute approximate surface area is 185 Å². The first-order chi connectivity index (χ1) is 13.8. The summed E-state index contributed by atoms with van der Waals surface area (Å²) in [7, 11) is -2.05. The molecule has 0 amide bonds. The molecule has 0 N–H and O–H groups in total. The van der Waals surface area contributed by atoms with E-state index in [1.54, 1.807) is 18.2 Å². The Hall–Kier alpha value is -2.39. The Balaban J connectivity index is 2.11. The molecule has 3 rings (SSSR count). The second kappa shape index (κ2) is 8.54. The molecule has 144 valence electrons. The number of benzene rings is 3. The van der Waals surface area contributed by atoms with Crippen molar-refractivity contribution in [3.8, 4) is 5.75 Å². The van der Waals surface area contributed by atoms with Gasteiger partial charge >= 0.3 is 186 Å². The molecule has 0 radical (unpaired) electrons. The first-order valence-corrected chi connectivity index (χ1v) is 10.9. The van der Waals surface area contributed by atoms with Crippen LogP contribution in [0.5, 0.6) is 5.75 Å². The van der Waals surface area contributed by atoms with E-state index < -0.39 is 22.1 Å². The number of esters is 2. The molecule has 0 bridgehead atoms. The van der Waals surface area contributed by atoms with Gasteiger partial charge in [-0.1, -0.05) is 0 Å². The zero-order valence-electron chi connectivity index (χ0n) is 16.0. The Morgan fingerprint density at radius 2 is 1.38 bits per heavy atom. The second-order valence-electron chi connectivity index (χ2n) is 6.19. The van der Waals surface area contributed by atoms with Crippen molar-refractivity contribution in [1.29, 1.82) is 0 Å². The SMILES string of the molecule is COC(=O)c1cc(C(=O)OC)cc(S(=O)(=O)Oc2cccc3[c]([Na])cccc23)c1. The third kappa shape index (κ3) is 4.45. The van der Waals surface area contributed by atoms with Crippen LogP contribution in [0.1, 0.15) is 20.7 Å². The summed E-state index contributed by atoms with van der Waals surface area (Å²) in [5.41, 5.74) is -0.227. The van der Waals surface area contributed by atoms with Crippen LogP contribution in [-0.2, 0) is 19.6 Å². The number of hydrogen-bond donors (Lipinski definition) is 0. The van der Waals surface area contributed by atoms with Gasteiger partial charge in [-0.25, -0.2) is 0 Å². The van der Waals surface area contributed by atoms with Crippen molar-refractivity contribution in [2.24, 2.45) is 0 Å². The summed E-state index contributed by atoms with van der Waals surface area (Å²) in [6.45, 7) is 0. The van der Waals surface area contributed by atoms with Crippen LogP contribution < -0.4 is 7.00 Å². The summed E-state index contributed by atoms with van der Waals surface area (Å²) in [6, 6.07) is 14.1. The molecular weight excluding hydrogens is 407 g/mol. The molecule has 0 fully saturated rings. The van der Waals surface area contributed by atoms with Crippen LogP contribution in [0.3, 0.4) is 0 Å². The molecule has 0 spiro atoms. The Bertz CT molecular complexity index is 1180. The number of hydrogen-bond acceptors (Lipinski definition) is 7. The minimum absolute atomic E-state index is 0.114. The normalized spacial score (nSPS) is 11.2. The third-order valence-electron chi connectivity index (χ3n) is 4.34. The molecule has 3 aromatic carbocycles. The number of fused-ring (bicyclic) bond motifs is 1. The molecule has 0 aliphatic carbocycles. The molecule has 0 saturated carbocycles. The van der Waals surface area contributed by atoms with E-state index in [0.29, 0.717) is 5.39 Å². The summed E-state index contributed by atoms with van der Waals surface area (Å²) in [4.78, 5) is 23.5. The average molecular weight is 422 g/mol. The fourth-order valence-corrected chi connectivity index (χ4v) is 4.54. The first kappa shape index (κ1) is 21.3. The van der Waals surface area contributed by atoms with Crippen LogP contribution in [0.4, 0.5) is 0 Å². The van der Waals surface area contributed by atoms with Gasteiger partial charge in [0.2, 0.25) is 0 Å². The predicted octanol–water partition coefficient (Wildman–Crippen LogP) is 1.97. The molecule has 0 unspecified atom stereocenters. The summed E-state index contributed by atoms with van der Waals surface area (Å²) in [6.07, 6.45) is 0. The molecular formula is C20H15NaO7S. The fourth-order valence-electron chi connectivity index (χ4n) is 2.89. The quantitative estimate of drug-likeness (QED) is 0.352. The monoisotopic (exact) mass is 422 g/mol. The number of carbonyl (C=O) groups excluding carboxylic acids is 2. The Morgan fingerprint density at radius 3 is 1.97 bits per heavy atom. The van der Waals surface area contributed by atoms with Crippen molar-refractivity contribution < 1.29 is 31.7 Å². The maximum absolute atomic E-state index is 12.9. The van der Waals surface area contributed by atoms with E-state index in [-0.39, 0.29) is 21.8 Å². The zero-order valence-corrected chi connectivity index (χ0v) is 18.8. The summed E-state index contributed by atoms with van der Waals surface area (Å²) in [5, 5.41) is 1.56. The molecule has 7 nitrogen and oxygen atoms in total. The van der Waals surface area contributed by atoms with Crippen molar-refractivity contribution >= 4 is 63.6 Å². The standard InChI is InChI=1S/C20H15O7S.Na/c1-25-19(21)14-10-15(20(22)26-2)12-16(11-14)28(23,24)27-18-9-5-7-13-6-3-4-8-17(13)18;/h3-5,7-12H,1-2H3;. The Morgan fingerprint density at radius 1 is 0.828 bits per heavy atom. The first-order valence-electron chi connectivity index (χ1n) is 8.51. The van der Waals surface area contributed by atoms with Crippen LogP contribution in [0, 0.1) is 0 Å². The summed E-state index contributed by atoms with van der Waals surface area (Å²) < 4.78 is 41.6. The van der Waals surface area contributed by atoms with Gasteiger partial charge in [-0.15, -0.1) is 0 Å². The summed E-state index contributed by atoms with van der Waals surface area (Å²) in [5.74, 6) is -1.43. The Kier molecular flexibility index (Phi) is 6.28. The number of methoxy groups -OCH3 is 2. The molecule has 29 heavy (non-hydrogen) atoms. The van der Waals surface area contributed by atoms with Crippen LogP contribution in [0.15, 0.2) is 59.5 Å². The van der Waals surface area contributed by atoms with Gasteiger partial charge in [0, 0.05) is 0 Å². The molecule has 0 heterocycles. The number of ether oxygens (including phenoxy) is 2. The van der Waals surface area contributed by atoms with Gasteiger partial charge in [-0.3, -0.25) is 0 Å². The van der Waals surface area contributed by atoms with Crippen molar-refractivity contribution in [2.45, 2.75) is 4.90 Å². The van der Waals surface area contributed by atoms with Gasteiger partial charge in [0.25, 0.3) is 0 Å². The second-order valence-corrected chi connectivity index (χ2v) is 8.82. The van der Waals surface area contributed by atoms with E-state index in [9.17, 15) is 18.0 Å². The van der Waals surface area contributed by atoms with E-state index in [1.165, 1.54) is 6.07 Å². The number of rotatable bonds is 5. The molecule has 0 aromatic heterocycles. The maximum atomic E-state index is 12.9. The van der Waals surface area contributed by atoms with Gasteiger partial charge in [0.15, 0.2) is 0 Å². The fraction of sp³-hybridized carbons (Fsp3) is 0.100. The van der Waals surface area contributed by atoms with E-state index in [2.05, 4.69) is 9.47 Å². The van der Waals surface area contributed by atoms with Gasteiger partial charge in [-0.2, -0.15) is 0 Å². The minimum atomic E-state index is -4.35. The van der Waals surface area contributed by atoms with Crippen LogP contribution in [0.2, 0.25) is 0 Å². The molecule has 3 aromatic rings. The van der Waals surface area contributed by atoms with E-state index in [4.69, 9.17) is 4.18 Å². The van der Waals surface area contributed by atoms with Gasteiger partial charge in [0.1, 0.15) is 0 Å². The van der Waals surface area contributed by atoms with E-state index in [0.717, 1.165) is 62.5 Å². The van der Waals surface area contributed by atoms with Crippen molar-refractivity contribution in [1.82, 2.24) is 0 Å². The van der Waals surface area contributed by atoms with Crippen LogP contribution >= 0.6 is 0 Å². The number of carbonyl (C=O) groups is 2. The van der Waals surface area contributed by atoms with Crippen LogP contribution in [0.25, 0.3) is 10.8 Å². The molecule has 9 heteroatoms. The van der Waals surface area contributed by atoms with Gasteiger partial charge in [0.05, 0.1) is 0 Å². The third-order valence-corrected chi connectivity index (χ3v) is 6.42.